The number of hydrogen-bond donors (Lipinski definition) is 1. The largest absolute Gasteiger partial charge is 0.378 e. The highest BCUT2D eigenvalue weighted by atomic mass is 19.1. The number of halogens is 2. The van der Waals surface area contributed by atoms with Crippen molar-refractivity contribution in [1.82, 2.24) is 14.5 Å². The molecule has 3 aromatic heterocycles. The van der Waals surface area contributed by atoms with Gasteiger partial charge in [-0.15, -0.1) is 0 Å². The van der Waals surface area contributed by atoms with Crippen LogP contribution in [0.3, 0.4) is 0 Å². The molecule has 0 radical (unpaired) electrons. The molecule has 0 aliphatic carbocycles. The molecular formula is C23H20F2N4O2. The second-order valence-corrected chi connectivity index (χ2v) is 7.55. The van der Waals surface area contributed by atoms with Crippen molar-refractivity contribution in [1.29, 1.82) is 0 Å². The van der Waals surface area contributed by atoms with Crippen molar-refractivity contribution in [3.63, 3.8) is 0 Å². The van der Waals surface area contributed by atoms with E-state index in [0.717, 1.165) is 47.0 Å². The molecule has 6 nitrogen and oxygen atoms in total. The first-order chi connectivity index (χ1) is 15.1. The SMILES string of the molecule is O=c1cc(-c2c[nH]c3ncc(N4CCOCC4)cc23)ccn1Cc1cc(F)cc(F)c1. The fraction of sp³-hybridized carbons (Fsp3) is 0.217. The summed E-state index contributed by atoms with van der Waals surface area (Å²) < 4.78 is 33.7. The topological polar surface area (TPSA) is 63.1 Å². The zero-order valence-corrected chi connectivity index (χ0v) is 16.6. The maximum atomic E-state index is 13.4. The van der Waals surface area contributed by atoms with Gasteiger partial charge in [-0.2, -0.15) is 0 Å². The van der Waals surface area contributed by atoms with E-state index in [4.69, 9.17) is 4.74 Å². The zero-order chi connectivity index (χ0) is 21.4. The summed E-state index contributed by atoms with van der Waals surface area (Å²) in [5, 5.41) is 0.924. The monoisotopic (exact) mass is 422 g/mol. The molecule has 1 saturated heterocycles. The van der Waals surface area contributed by atoms with Crippen molar-refractivity contribution in [2.45, 2.75) is 6.54 Å². The number of nitrogens with one attached hydrogen (secondary N) is 1. The fourth-order valence-corrected chi connectivity index (χ4v) is 3.93. The van der Waals surface area contributed by atoms with E-state index < -0.39 is 11.6 Å². The molecule has 0 bridgehead atoms. The second kappa shape index (κ2) is 7.96. The Morgan fingerprint density at radius 2 is 1.84 bits per heavy atom. The highest BCUT2D eigenvalue weighted by Gasteiger charge is 2.15. The normalized spacial score (nSPS) is 14.3. The zero-order valence-electron chi connectivity index (χ0n) is 16.6. The molecule has 0 amide bonds. The number of pyridine rings is 2. The molecule has 4 aromatic rings. The van der Waals surface area contributed by atoms with E-state index in [0.29, 0.717) is 18.8 Å². The number of benzene rings is 1. The first-order valence-electron chi connectivity index (χ1n) is 10.0. The minimum atomic E-state index is -0.665. The predicted molar refractivity (Wildman–Crippen MR) is 114 cm³/mol. The van der Waals surface area contributed by atoms with Gasteiger partial charge in [0.05, 0.1) is 31.6 Å². The van der Waals surface area contributed by atoms with Crippen LogP contribution in [0.25, 0.3) is 22.2 Å². The molecule has 0 unspecified atom stereocenters. The lowest BCUT2D eigenvalue weighted by Gasteiger charge is -2.28. The van der Waals surface area contributed by atoms with Crippen LogP contribution in [0.5, 0.6) is 0 Å². The van der Waals surface area contributed by atoms with Gasteiger partial charge < -0.3 is 19.2 Å². The Bertz CT molecular complexity index is 1290. The Hall–Kier alpha value is -3.52. The van der Waals surface area contributed by atoms with E-state index in [9.17, 15) is 13.6 Å². The molecule has 0 saturated carbocycles. The average molecular weight is 422 g/mol. The van der Waals surface area contributed by atoms with Crippen LogP contribution in [-0.4, -0.2) is 40.8 Å². The second-order valence-electron chi connectivity index (χ2n) is 7.55. The molecule has 0 atom stereocenters. The minimum absolute atomic E-state index is 0.0877. The summed E-state index contributed by atoms with van der Waals surface area (Å²) in [5.41, 5.74) is 3.51. The van der Waals surface area contributed by atoms with Crippen molar-refractivity contribution in [2.24, 2.45) is 0 Å². The number of rotatable bonds is 4. The maximum Gasteiger partial charge on any atom is 0.251 e. The molecule has 8 heteroatoms. The molecule has 1 N–H and O–H groups in total. The summed E-state index contributed by atoms with van der Waals surface area (Å²) in [7, 11) is 0. The van der Waals surface area contributed by atoms with E-state index in [-0.39, 0.29) is 12.1 Å². The summed E-state index contributed by atoms with van der Waals surface area (Å²) in [6.07, 6.45) is 5.31. The quantitative estimate of drug-likeness (QED) is 0.546. The van der Waals surface area contributed by atoms with Gasteiger partial charge in [0, 0.05) is 48.6 Å². The van der Waals surface area contributed by atoms with Crippen LogP contribution >= 0.6 is 0 Å². The molecule has 1 fully saturated rings. The van der Waals surface area contributed by atoms with E-state index in [2.05, 4.69) is 20.9 Å². The number of nitrogens with zero attached hydrogens (tertiary/aromatic N) is 3. The van der Waals surface area contributed by atoms with E-state index in [1.807, 2.05) is 18.5 Å². The number of hydrogen-bond acceptors (Lipinski definition) is 4. The van der Waals surface area contributed by atoms with E-state index in [1.54, 1.807) is 6.20 Å². The number of H-pyrrole nitrogens is 1. The Kier molecular flexibility index (Phi) is 4.99. The predicted octanol–water partition coefficient (Wildman–Crippen LogP) is 3.55. The van der Waals surface area contributed by atoms with Gasteiger partial charge >= 0.3 is 0 Å². The molecule has 4 heterocycles. The average Bonchev–Trinajstić information content (AvgIpc) is 3.18. The number of aromatic nitrogens is 3. The molecule has 31 heavy (non-hydrogen) atoms. The van der Waals surface area contributed by atoms with E-state index >= 15 is 0 Å². The number of anilines is 1. The number of fused-ring (bicyclic) bond motifs is 1. The van der Waals surface area contributed by atoms with Crippen LogP contribution in [0.15, 0.2) is 59.8 Å². The van der Waals surface area contributed by atoms with Crippen LogP contribution in [0.1, 0.15) is 5.56 Å². The van der Waals surface area contributed by atoms with Crippen LogP contribution in [0.2, 0.25) is 0 Å². The maximum absolute atomic E-state index is 13.4. The van der Waals surface area contributed by atoms with Crippen LogP contribution in [0, 0.1) is 11.6 Å². The third-order valence-corrected chi connectivity index (χ3v) is 5.48. The van der Waals surface area contributed by atoms with Gasteiger partial charge in [0.15, 0.2) is 0 Å². The summed E-state index contributed by atoms with van der Waals surface area (Å²) in [4.78, 5) is 22.6. The van der Waals surface area contributed by atoms with Gasteiger partial charge in [-0.3, -0.25) is 4.79 Å². The van der Waals surface area contributed by atoms with Crippen molar-refractivity contribution in [3.05, 3.63) is 82.5 Å². The molecule has 158 valence electrons. The highest BCUT2D eigenvalue weighted by molar-refractivity contribution is 5.95. The lowest BCUT2D eigenvalue weighted by molar-refractivity contribution is 0.122. The number of aromatic amines is 1. The molecule has 5 rings (SSSR count). The Balaban J connectivity index is 1.47. The van der Waals surface area contributed by atoms with E-state index in [1.165, 1.54) is 22.8 Å². The van der Waals surface area contributed by atoms with Crippen LogP contribution < -0.4 is 10.5 Å². The summed E-state index contributed by atoms with van der Waals surface area (Å²) >= 11 is 0. The third kappa shape index (κ3) is 3.94. The Morgan fingerprint density at radius 3 is 2.58 bits per heavy atom. The smallest absolute Gasteiger partial charge is 0.251 e. The molecule has 1 aliphatic heterocycles. The van der Waals surface area contributed by atoms with Gasteiger partial charge in [-0.25, -0.2) is 13.8 Å². The summed E-state index contributed by atoms with van der Waals surface area (Å²) in [6, 6.07) is 8.68. The molecule has 1 aromatic carbocycles. The third-order valence-electron chi connectivity index (χ3n) is 5.48. The highest BCUT2D eigenvalue weighted by Crippen LogP contribution is 2.30. The van der Waals surface area contributed by atoms with Gasteiger partial charge in [0.1, 0.15) is 17.3 Å². The van der Waals surface area contributed by atoms with Gasteiger partial charge in [0.25, 0.3) is 5.56 Å². The van der Waals surface area contributed by atoms with Crippen LogP contribution in [-0.2, 0) is 11.3 Å². The standard InChI is InChI=1S/C23H20F2N4O2/c24-17-7-15(8-18(25)10-17)14-29-2-1-16(9-22(29)30)21-13-27-23-20(21)11-19(12-26-23)28-3-5-31-6-4-28/h1-2,7-13H,3-6,14H2,(H,26,27). The lowest BCUT2D eigenvalue weighted by atomic mass is 10.1. The first-order valence-corrected chi connectivity index (χ1v) is 10.0. The van der Waals surface area contributed by atoms with Crippen LogP contribution in [0.4, 0.5) is 14.5 Å². The molecule has 0 spiro atoms. The Morgan fingerprint density at radius 1 is 1.06 bits per heavy atom. The van der Waals surface area contributed by atoms with Crippen molar-refractivity contribution in [2.75, 3.05) is 31.2 Å². The summed E-state index contributed by atoms with van der Waals surface area (Å²) in [6.45, 7) is 3.08. The van der Waals surface area contributed by atoms with Crippen molar-refractivity contribution in [3.8, 4) is 11.1 Å². The fourth-order valence-electron chi connectivity index (χ4n) is 3.93. The van der Waals surface area contributed by atoms with Crippen molar-refractivity contribution < 1.29 is 13.5 Å². The summed E-state index contributed by atoms with van der Waals surface area (Å²) in [5.74, 6) is -1.33. The molecular weight excluding hydrogens is 402 g/mol. The molecule has 1 aliphatic rings. The number of morpholine rings is 1. The lowest BCUT2D eigenvalue weighted by Crippen LogP contribution is -2.36. The Labute approximate surface area is 176 Å². The first kappa shape index (κ1) is 19.4. The van der Waals surface area contributed by atoms with Gasteiger partial charge in [-0.1, -0.05) is 0 Å². The van der Waals surface area contributed by atoms with Gasteiger partial charge in [0.2, 0.25) is 0 Å². The van der Waals surface area contributed by atoms with Crippen molar-refractivity contribution >= 4 is 16.7 Å². The minimum Gasteiger partial charge on any atom is -0.378 e. The number of ether oxygens (including phenoxy) is 1. The van der Waals surface area contributed by atoms with Gasteiger partial charge in [-0.05, 0) is 35.4 Å².